The lowest BCUT2D eigenvalue weighted by Gasteiger charge is -2.21. The number of fused-ring (bicyclic) bond motifs is 1. The molecule has 1 aromatic carbocycles. The van der Waals surface area contributed by atoms with E-state index in [0.717, 1.165) is 18.6 Å². The third-order valence-electron chi connectivity index (χ3n) is 3.51. The minimum atomic E-state index is -4.75. The van der Waals surface area contributed by atoms with Gasteiger partial charge < -0.3 is 10.3 Å². The van der Waals surface area contributed by atoms with Gasteiger partial charge in [-0.05, 0) is 24.6 Å². The number of alkyl halides is 3. The summed E-state index contributed by atoms with van der Waals surface area (Å²) >= 11 is 0. The van der Waals surface area contributed by atoms with Crippen LogP contribution in [0.15, 0.2) is 18.2 Å². The zero-order chi connectivity index (χ0) is 15.2. The lowest BCUT2D eigenvalue weighted by Crippen LogP contribution is -2.32. The second-order valence-corrected chi connectivity index (χ2v) is 5.04. The lowest BCUT2D eigenvalue weighted by molar-refractivity contribution is -0.139. The molecule has 1 aliphatic heterocycles. The molecule has 3 rings (SSSR count). The maximum Gasteiger partial charge on any atom is 0.419 e. The maximum absolute atomic E-state index is 13.3. The first-order chi connectivity index (χ1) is 9.86. The van der Waals surface area contributed by atoms with E-state index in [9.17, 15) is 17.6 Å². The first-order valence-corrected chi connectivity index (χ1v) is 6.41. The van der Waals surface area contributed by atoms with E-state index in [-0.39, 0.29) is 17.4 Å². The molecule has 0 saturated carbocycles. The molecule has 0 bridgehead atoms. The first-order valence-electron chi connectivity index (χ1n) is 6.41. The van der Waals surface area contributed by atoms with Crippen molar-refractivity contribution >= 4 is 0 Å². The largest absolute Gasteiger partial charge is 0.419 e. The molecular formula is C13H12F4N4. The molecule has 0 saturated heterocycles. The lowest BCUT2D eigenvalue weighted by atomic mass is 10.1. The smallest absolute Gasteiger partial charge is 0.326 e. The van der Waals surface area contributed by atoms with E-state index >= 15 is 0 Å². The van der Waals surface area contributed by atoms with Gasteiger partial charge in [0.15, 0.2) is 5.82 Å². The topological polar surface area (TPSA) is 56.7 Å². The van der Waals surface area contributed by atoms with E-state index in [1.165, 1.54) is 6.07 Å². The molecule has 1 unspecified atom stereocenters. The molecule has 1 aromatic heterocycles. The molecule has 1 atom stereocenters. The Balaban J connectivity index is 2.08. The summed E-state index contributed by atoms with van der Waals surface area (Å²) in [5, 5.41) is 7.89. The highest BCUT2D eigenvalue weighted by Gasteiger charge is 2.34. The molecule has 0 fully saturated rings. The van der Waals surface area contributed by atoms with Gasteiger partial charge in [-0.2, -0.15) is 13.2 Å². The third-order valence-corrected chi connectivity index (χ3v) is 3.51. The van der Waals surface area contributed by atoms with E-state index in [2.05, 4.69) is 10.2 Å². The van der Waals surface area contributed by atoms with Gasteiger partial charge in [-0.1, -0.05) is 0 Å². The second kappa shape index (κ2) is 4.80. The summed E-state index contributed by atoms with van der Waals surface area (Å²) in [5.74, 6) is -0.337. The molecule has 0 radical (unpaired) electrons. The van der Waals surface area contributed by atoms with Gasteiger partial charge in [-0.25, -0.2) is 4.39 Å². The van der Waals surface area contributed by atoms with Crippen LogP contribution in [0.3, 0.4) is 0 Å². The van der Waals surface area contributed by atoms with Gasteiger partial charge in [0.25, 0.3) is 0 Å². The SMILES string of the molecule is NC1CCc2nnc(-c3ccc(F)c(C(F)(F)F)c3)n2C1. The molecular weight excluding hydrogens is 288 g/mol. The van der Waals surface area contributed by atoms with Gasteiger partial charge in [0.05, 0.1) is 5.56 Å². The molecule has 0 aliphatic carbocycles. The van der Waals surface area contributed by atoms with Crippen LogP contribution >= 0.6 is 0 Å². The summed E-state index contributed by atoms with van der Waals surface area (Å²) in [4.78, 5) is 0. The van der Waals surface area contributed by atoms with Crippen molar-refractivity contribution in [2.45, 2.75) is 31.6 Å². The predicted octanol–water partition coefficient (Wildman–Crippen LogP) is 2.38. The van der Waals surface area contributed by atoms with Gasteiger partial charge in [0.1, 0.15) is 11.6 Å². The number of nitrogens with zero attached hydrogens (tertiary/aromatic N) is 3. The standard InChI is InChI=1S/C13H12F4N4/c14-10-3-1-7(5-9(10)13(15,16)17)12-20-19-11-4-2-8(18)6-21(11)12/h1,3,5,8H,2,4,6,18H2. The molecule has 0 spiro atoms. The highest BCUT2D eigenvalue weighted by Crippen LogP contribution is 2.34. The fourth-order valence-electron chi connectivity index (χ4n) is 2.45. The maximum atomic E-state index is 13.3. The summed E-state index contributed by atoms with van der Waals surface area (Å²) in [6, 6.07) is 2.73. The number of hydrogen-bond acceptors (Lipinski definition) is 3. The van der Waals surface area contributed by atoms with E-state index < -0.39 is 17.6 Å². The van der Waals surface area contributed by atoms with Crippen LogP contribution in [0.25, 0.3) is 11.4 Å². The van der Waals surface area contributed by atoms with Crippen LogP contribution < -0.4 is 5.73 Å². The van der Waals surface area contributed by atoms with Crippen LogP contribution in [0.5, 0.6) is 0 Å². The molecule has 21 heavy (non-hydrogen) atoms. The number of aryl methyl sites for hydroxylation is 1. The Kier molecular flexibility index (Phi) is 3.20. The Labute approximate surface area is 117 Å². The highest BCUT2D eigenvalue weighted by atomic mass is 19.4. The number of aromatic nitrogens is 3. The number of rotatable bonds is 1. The van der Waals surface area contributed by atoms with E-state index in [1.807, 2.05) is 0 Å². The zero-order valence-electron chi connectivity index (χ0n) is 10.9. The number of benzene rings is 1. The molecule has 1 aliphatic rings. The molecule has 8 heteroatoms. The van der Waals surface area contributed by atoms with Gasteiger partial charge >= 0.3 is 6.18 Å². The average Bonchev–Trinajstić information content (AvgIpc) is 2.81. The summed E-state index contributed by atoms with van der Waals surface area (Å²) in [6.45, 7) is 0.441. The van der Waals surface area contributed by atoms with Crippen molar-refractivity contribution in [3.63, 3.8) is 0 Å². The zero-order valence-corrected chi connectivity index (χ0v) is 10.9. The molecule has 2 heterocycles. The van der Waals surface area contributed by atoms with Crippen LogP contribution in [0.2, 0.25) is 0 Å². The third kappa shape index (κ3) is 2.51. The Morgan fingerprint density at radius 2 is 2.00 bits per heavy atom. The fraction of sp³-hybridized carbons (Fsp3) is 0.385. The minimum Gasteiger partial charge on any atom is -0.326 e. The van der Waals surface area contributed by atoms with Crippen molar-refractivity contribution in [1.82, 2.24) is 14.8 Å². The summed E-state index contributed by atoms with van der Waals surface area (Å²) in [7, 11) is 0. The second-order valence-electron chi connectivity index (χ2n) is 5.04. The molecule has 4 nitrogen and oxygen atoms in total. The Morgan fingerprint density at radius 1 is 1.24 bits per heavy atom. The Morgan fingerprint density at radius 3 is 2.71 bits per heavy atom. The van der Waals surface area contributed by atoms with Crippen LogP contribution in [0.1, 0.15) is 17.8 Å². The molecule has 2 N–H and O–H groups in total. The normalized spacial score (nSPS) is 18.6. The Hall–Kier alpha value is -1.96. The number of halogens is 4. The summed E-state index contributed by atoms with van der Waals surface area (Å²) in [5.41, 5.74) is 4.73. The average molecular weight is 300 g/mol. The van der Waals surface area contributed by atoms with E-state index in [4.69, 9.17) is 5.73 Å². The van der Waals surface area contributed by atoms with Crippen LogP contribution in [0, 0.1) is 5.82 Å². The van der Waals surface area contributed by atoms with Crippen molar-refractivity contribution in [1.29, 1.82) is 0 Å². The van der Waals surface area contributed by atoms with Crippen molar-refractivity contribution < 1.29 is 17.6 Å². The quantitative estimate of drug-likeness (QED) is 0.823. The van der Waals surface area contributed by atoms with Crippen LogP contribution in [-0.2, 0) is 19.1 Å². The number of hydrogen-bond donors (Lipinski definition) is 1. The molecule has 112 valence electrons. The first kappa shape index (κ1) is 14.0. The van der Waals surface area contributed by atoms with Gasteiger partial charge in [-0.3, -0.25) is 0 Å². The molecule has 0 amide bonds. The molecule has 2 aromatic rings. The minimum absolute atomic E-state index is 0.0882. The number of nitrogens with two attached hydrogens (primary N) is 1. The van der Waals surface area contributed by atoms with Crippen LogP contribution in [-0.4, -0.2) is 20.8 Å². The van der Waals surface area contributed by atoms with E-state index in [1.54, 1.807) is 4.57 Å². The Bertz CT molecular complexity index is 677. The van der Waals surface area contributed by atoms with Gasteiger partial charge in [0, 0.05) is 24.6 Å². The summed E-state index contributed by atoms with van der Waals surface area (Å²) < 4.78 is 53.3. The predicted molar refractivity (Wildman–Crippen MR) is 66.7 cm³/mol. The van der Waals surface area contributed by atoms with Crippen molar-refractivity contribution in [3.05, 3.63) is 35.4 Å². The van der Waals surface area contributed by atoms with Crippen molar-refractivity contribution in [2.24, 2.45) is 5.73 Å². The highest BCUT2D eigenvalue weighted by molar-refractivity contribution is 5.57. The monoisotopic (exact) mass is 300 g/mol. The van der Waals surface area contributed by atoms with Crippen LogP contribution in [0.4, 0.5) is 17.6 Å². The summed E-state index contributed by atoms with van der Waals surface area (Å²) in [6.07, 6.45) is -3.36. The van der Waals surface area contributed by atoms with Crippen molar-refractivity contribution in [2.75, 3.05) is 0 Å². The fourth-order valence-corrected chi connectivity index (χ4v) is 2.45. The van der Waals surface area contributed by atoms with Gasteiger partial charge in [0.2, 0.25) is 0 Å². The van der Waals surface area contributed by atoms with Crippen molar-refractivity contribution in [3.8, 4) is 11.4 Å². The van der Waals surface area contributed by atoms with Gasteiger partial charge in [-0.15, -0.1) is 10.2 Å². The van der Waals surface area contributed by atoms with E-state index in [0.29, 0.717) is 18.8 Å².